The van der Waals surface area contributed by atoms with Gasteiger partial charge < -0.3 is 12.4 Å². The first-order valence-corrected chi connectivity index (χ1v) is 4.11. The molecule has 1 aliphatic rings. The molecule has 10 heavy (non-hydrogen) atoms. The second-order valence-electron chi connectivity index (χ2n) is 2.27. The maximum atomic E-state index is 3.42. The largest absolute Gasteiger partial charge is 1.00 e. The van der Waals surface area contributed by atoms with E-state index in [0.717, 1.165) is 5.92 Å². The minimum absolute atomic E-state index is 0. The van der Waals surface area contributed by atoms with Crippen molar-refractivity contribution >= 4 is 15.9 Å². The average Bonchev–Trinajstić information content (AvgIpc) is 1.55. The number of hydrogen-bond donors (Lipinski definition) is 0. The van der Waals surface area contributed by atoms with Crippen LogP contribution in [-0.4, -0.2) is 5.33 Å². The molecular weight excluding hydrogens is 260 g/mol. The minimum Gasteiger partial charge on any atom is -1.00 e. The molecule has 1 fully saturated rings. The molecule has 0 atom stereocenters. The Hall–Kier alpha value is 1.99. The number of rotatable bonds is 2. The molecule has 0 heterocycles. The Morgan fingerprint density at radius 2 is 1.80 bits per heavy atom. The van der Waals surface area contributed by atoms with Crippen LogP contribution < -0.4 is 31.3 Å². The van der Waals surface area contributed by atoms with Gasteiger partial charge in [-0.25, -0.2) is 0 Å². The molecule has 0 unspecified atom stereocenters. The van der Waals surface area contributed by atoms with E-state index in [4.69, 9.17) is 0 Å². The van der Waals surface area contributed by atoms with Gasteiger partial charge in [0, 0.05) is 24.8 Å². The fourth-order valence-electron chi connectivity index (χ4n) is 0.936. The predicted octanol–water partition coefficient (Wildman–Crippen LogP) is -3.42. The van der Waals surface area contributed by atoms with E-state index < -0.39 is 0 Å². The third kappa shape index (κ3) is 6.69. The smallest absolute Gasteiger partial charge is 1.00 e. The zero-order valence-corrected chi connectivity index (χ0v) is 11.9. The summed E-state index contributed by atoms with van der Waals surface area (Å²) in [7, 11) is 0. The molecule has 0 radical (unpaired) electrons. The van der Waals surface area contributed by atoms with Crippen LogP contribution >= 0.6 is 15.9 Å². The Morgan fingerprint density at radius 1 is 1.30 bits per heavy atom. The third-order valence-electron chi connectivity index (χ3n) is 1.74. The molecule has 0 spiro atoms. The Balaban J connectivity index is -0.000000163. The summed E-state index contributed by atoms with van der Waals surface area (Å²) in [5.74, 6) is 1.08. The zero-order chi connectivity index (χ0) is 5.11. The SMILES string of the molecule is BrCCC1CCC1.[Cl-].[Li+].[Zn]. The van der Waals surface area contributed by atoms with Crippen LogP contribution in [0.5, 0.6) is 0 Å². The molecule has 0 nitrogen and oxygen atoms in total. The van der Waals surface area contributed by atoms with Gasteiger partial charge in [-0.2, -0.15) is 0 Å². The van der Waals surface area contributed by atoms with Crippen LogP contribution in [0, 0.1) is 5.92 Å². The van der Waals surface area contributed by atoms with Crippen molar-refractivity contribution in [3.8, 4) is 0 Å². The molecule has 0 saturated heterocycles. The summed E-state index contributed by atoms with van der Waals surface area (Å²) in [6, 6.07) is 0. The van der Waals surface area contributed by atoms with E-state index >= 15 is 0 Å². The van der Waals surface area contributed by atoms with E-state index in [9.17, 15) is 0 Å². The molecule has 0 bridgehead atoms. The number of alkyl halides is 1. The second kappa shape index (κ2) is 11.0. The topological polar surface area (TPSA) is 0 Å². The van der Waals surface area contributed by atoms with E-state index in [1.807, 2.05) is 0 Å². The average molecular weight is 271 g/mol. The van der Waals surface area contributed by atoms with Crippen LogP contribution in [0.15, 0.2) is 0 Å². The molecule has 0 aromatic heterocycles. The Bertz CT molecular complexity index is 61.7. The van der Waals surface area contributed by atoms with Gasteiger partial charge in [0.25, 0.3) is 0 Å². The van der Waals surface area contributed by atoms with Crippen LogP contribution in [0.2, 0.25) is 0 Å². The first-order valence-electron chi connectivity index (χ1n) is 2.99. The van der Waals surface area contributed by atoms with Gasteiger partial charge in [-0.1, -0.05) is 35.2 Å². The standard InChI is InChI=1S/C6H11Br.ClH.Li.Zn/c7-5-4-6-2-1-3-6;;;/h6H,1-5H2;1H;;/q;;+1;/p-1. The molecule has 1 saturated carbocycles. The quantitative estimate of drug-likeness (QED) is 0.362. The van der Waals surface area contributed by atoms with Gasteiger partial charge in [0.1, 0.15) is 0 Å². The van der Waals surface area contributed by atoms with Crippen LogP contribution in [0.3, 0.4) is 0 Å². The van der Waals surface area contributed by atoms with Gasteiger partial charge in [-0.15, -0.1) is 0 Å². The van der Waals surface area contributed by atoms with Crippen LogP contribution in [0.1, 0.15) is 25.7 Å². The number of halogens is 2. The summed E-state index contributed by atoms with van der Waals surface area (Å²) in [6.45, 7) is 0. The zero-order valence-electron chi connectivity index (χ0n) is 6.58. The van der Waals surface area contributed by atoms with Crippen molar-refractivity contribution in [3.05, 3.63) is 0 Å². The van der Waals surface area contributed by atoms with Gasteiger partial charge in [-0.05, 0) is 12.3 Å². The van der Waals surface area contributed by atoms with Crippen molar-refractivity contribution in [1.82, 2.24) is 0 Å². The molecule has 0 amide bonds. The fraction of sp³-hybridized carbons (Fsp3) is 1.00. The predicted molar refractivity (Wildman–Crippen MR) is 35.8 cm³/mol. The maximum absolute atomic E-state index is 3.42. The van der Waals surface area contributed by atoms with Crippen LogP contribution in [0.4, 0.5) is 0 Å². The van der Waals surface area contributed by atoms with Crippen molar-refractivity contribution in [3.63, 3.8) is 0 Å². The van der Waals surface area contributed by atoms with E-state index in [2.05, 4.69) is 15.9 Å². The Kier molecular flexibility index (Phi) is 19.7. The first-order chi connectivity index (χ1) is 3.43. The van der Waals surface area contributed by atoms with E-state index in [1.54, 1.807) is 0 Å². The molecule has 0 aliphatic heterocycles. The second-order valence-corrected chi connectivity index (χ2v) is 3.07. The Labute approximate surface area is 103 Å². The molecular formula is C6H11BrClLiZn. The monoisotopic (exact) mass is 268 g/mol. The van der Waals surface area contributed by atoms with E-state index in [0.29, 0.717) is 0 Å². The molecule has 52 valence electrons. The number of hydrogen-bond acceptors (Lipinski definition) is 0. The van der Waals surface area contributed by atoms with E-state index in [1.165, 1.54) is 31.0 Å². The van der Waals surface area contributed by atoms with E-state index in [-0.39, 0.29) is 50.7 Å². The van der Waals surface area contributed by atoms with Gasteiger partial charge in [0.05, 0.1) is 0 Å². The summed E-state index contributed by atoms with van der Waals surface area (Å²) in [4.78, 5) is 0. The van der Waals surface area contributed by atoms with Gasteiger partial charge in [-0.3, -0.25) is 0 Å². The van der Waals surface area contributed by atoms with Gasteiger partial charge in [0.2, 0.25) is 0 Å². The maximum Gasteiger partial charge on any atom is 1.00 e. The van der Waals surface area contributed by atoms with Crippen molar-refractivity contribution in [1.29, 1.82) is 0 Å². The molecule has 1 rings (SSSR count). The van der Waals surface area contributed by atoms with Crippen LogP contribution in [0.25, 0.3) is 0 Å². The summed E-state index contributed by atoms with van der Waals surface area (Å²) < 4.78 is 0. The van der Waals surface area contributed by atoms with Gasteiger partial charge in [0.15, 0.2) is 0 Å². The van der Waals surface area contributed by atoms with Crippen molar-refractivity contribution in [2.24, 2.45) is 5.92 Å². The summed E-state index contributed by atoms with van der Waals surface area (Å²) in [5.41, 5.74) is 0. The summed E-state index contributed by atoms with van der Waals surface area (Å²) in [6.07, 6.45) is 5.87. The molecule has 4 heteroatoms. The van der Waals surface area contributed by atoms with Crippen molar-refractivity contribution < 1.29 is 50.7 Å². The minimum atomic E-state index is 0. The van der Waals surface area contributed by atoms with Crippen molar-refractivity contribution in [2.75, 3.05) is 5.33 Å². The third-order valence-corrected chi connectivity index (χ3v) is 2.20. The van der Waals surface area contributed by atoms with Crippen molar-refractivity contribution in [2.45, 2.75) is 25.7 Å². The summed E-state index contributed by atoms with van der Waals surface area (Å²) in [5, 5.41) is 1.21. The first kappa shape index (κ1) is 17.9. The van der Waals surface area contributed by atoms with Gasteiger partial charge >= 0.3 is 18.9 Å². The summed E-state index contributed by atoms with van der Waals surface area (Å²) >= 11 is 3.42. The molecule has 0 aromatic rings. The molecule has 1 aliphatic carbocycles. The normalized spacial score (nSPS) is 15.3. The molecule has 0 aromatic carbocycles. The Morgan fingerprint density at radius 3 is 1.90 bits per heavy atom. The molecule has 0 N–H and O–H groups in total. The van der Waals surface area contributed by atoms with Crippen LogP contribution in [-0.2, 0) is 19.5 Å². The fourth-order valence-corrected chi connectivity index (χ4v) is 1.58.